The van der Waals surface area contributed by atoms with Gasteiger partial charge in [0, 0.05) is 5.41 Å². The van der Waals surface area contributed by atoms with Crippen molar-refractivity contribution in [1.29, 1.82) is 0 Å². The number of aliphatic carboxylic acids is 1. The Balaban J connectivity index is 2.03. The van der Waals surface area contributed by atoms with Crippen LogP contribution in [0.3, 0.4) is 0 Å². The van der Waals surface area contributed by atoms with Crippen LogP contribution in [-0.4, -0.2) is 11.1 Å². The number of rotatable bonds is 4. The number of hydrogen-bond donors (Lipinski definition) is 1. The number of carboxylic acid groups (broad SMARTS) is 1. The van der Waals surface area contributed by atoms with Crippen LogP contribution in [0.4, 0.5) is 0 Å². The van der Waals surface area contributed by atoms with E-state index >= 15 is 0 Å². The third-order valence-electron chi connectivity index (χ3n) is 5.60. The molecule has 2 fully saturated rings. The van der Waals surface area contributed by atoms with Crippen molar-refractivity contribution in [2.75, 3.05) is 0 Å². The molecular weight excluding hydrogens is 236 g/mol. The van der Waals surface area contributed by atoms with Crippen molar-refractivity contribution in [1.82, 2.24) is 0 Å². The summed E-state index contributed by atoms with van der Waals surface area (Å²) in [6.07, 6.45) is 8.56. The van der Waals surface area contributed by atoms with Gasteiger partial charge in [-0.3, -0.25) is 4.79 Å². The normalized spacial score (nSPS) is 23.8. The topological polar surface area (TPSA) is 37.3 Å². The van der Waals surface area contributed by atoms with Crippen LogP contribution in [0.2, 0.25) is 0 Å². The van der Waals surface area contributed by atoms with E-state index in [4.69, 9.17) is 0 Å². The molecule has 2 aliphatic rings. The Bertz CT molecular complexity index is 453. The number of carbonyl (C=O) groups is 1. The van der Waals surface area contributed by atoms with Gasteiger partial charge in [-0.25, -0.2) is 0 Å². The summed E-state index contributed by atoms with van der Waals surface area (Å²) in [6, 6.07) is 10.7. The van der Waals surface area contributed by atoms with Gasteiger partial charge in [-0.2, -0.15) is 0 Å². The molecule has 1 aromatic rings. The van der Waals surface area contributed by atoms with Crippen LogP contribution in [0.5, 0.6) is 0 Å². The van der Waals surface area contributed by atoms with Crippen LogP contribution >= 0.6 is 0 Å². The Morgan fingerprint density at radius 3 is 2.11 bits per heavy atom. The molecule has 3 rings (SSSR count). The minimum Gasteiger partial charge on any atom is -0.481 e. The van der Waals surface area contributed by atoms with Gasteiger partial charge in [0.05, 0.1) is 6.42 Å². The summed E-state index contributed by atoms with van der Waals surface area (Å²) in [5.74, 6) is -0.623. The molecule has 0 unspecified atom stereocenters. The van der Waals surface area contributed by atoms with Gasteiger partial charge in [0.1, 0.15) is 0 Å². The summed E-state index contributed by atoms with van der Waals surface area (Å²) in [5.41, 5.74) is 1.54. The largest absolute Gasteiger partial charge is 0.481 e. The van der Waals surface area contributed by atoms with Crippen LogP contribution in [-0.2, 0) is 10.2 Å². The minimum absolute atomic E-state index is 0.0245. The molecule has 0 amide bonds. The van der Waals surface area contributed by atoms with Crippen LogP contribution in [0, 0.1) is 5.41 Å². The molecule has 102 valence electrons. The van der Waals surface area contributed by atoms with Crippen LogP contribution in [0.1, 0.15) is 56.9 Å². The van der Waals surface area contributed by atoms with E-state index in [2.05, 4.69) is 30.3 Å². The highest BCUT2D eigenvalue weighted by Gasteiger charge is 2.56. The van der Waals surface area contributed by atoms with Gasteiger partial charge in [-0.15, -0.1) is 0 Å². The molecule has 0 aromatic heterocycles. The monoisotopic (exact) mass is 258 g/mol. The third-order valence-corrected chi connectivity index (χ3v) is 5.60. The van der Waals surface area contributed by atoms with Crippen molar-refractivity contribution in [2.24, 2.45) is 5.41 Å². The molecule has 2 heteroatoms. The zero-order valence-electron chi connectivity index (χ0n) is 11.4. The van der Waals surface area contributed by atoms with E-state index in [-0.39, 0.29) is 10.8 Å². The van der Waals surface area contributed by atoms with Crippen molar-refractivity contribution < 1.29 is 9.90 Å². The lowest BCUT2D eigenvalue weighted by molar-refractivity contribution is -0.144. The predicted molar refractivity (Wildman–Crippen MR) is 75.1 cm³/mol. The molecule has 0 aliphatic heterocycles. The maximum absolute atomic E-state index is 11.3. The fraction of sp³-hybridized carbons (Fsp3) is 0.588. The Kier molecular flexibility index (Phi) is 3.12. The molecule has 1 N–H and O–H groups in total. The first-order valence-corrected chi connectivity index (χ1v) is 7.46. The second-order valence-corrected chi connectivity index (χ2v) is 6.36. The van der Waals surface area contributed by atoms with Gasteiger partial charge in [0.25, 0.3) is 0 Å². The summed E-state index contributed by atoms with van der Waals surface area (Å²) >= 11 is 0. The number of hydrogen-bond acceptors (Lipinski definition) is 1. The van der Waals surface area contributed by atoms with E-state index in [0.29, 0.717) is 6.42 Å². The van der Waals surface area contributed by atoms with E-state index in [9.17, 15) is 9.90 Å². The fourth-order valence-corrected chi connectivity index (χ4v) is 4.58. The second-order valence-electron chi connectivity index (χ2n) is 6.36. The Hall–Kier alpha value is -1.31. The quantitative estimate of drug-likeness (QED) is 0.881. The number of benzene rings is 1. The molecule has 0 bridgehead atoms. The first-order valence-electron chi connectivity index (χ1n) is 7.46. The van der Waals surface area contributed by atoms with E-state index in [0.717, 1.165) is 12.8 Å². The highest BCUT2D eigenvalue weighted by Crippen LogP contribution is 2.63. The lowest BCUT2D eigenvalue weighted by Gasteiger charge is -2.55. The smallest absolute Gasteiger partial charge is 0.303 e. The fourth-order valence-electron chi connectivity index (χ4n) is 4.58. The maximum atomic E-state index is 11.3. The average molecular weight is 258 g/mol. The van der Waals surface area contributed by atoms with Crippen LogP contribution < -0.4 is 0 Å². The molecule has 0 saturated heterocycles. The summed E-state index contributed by atoms with van der Waals surface area (Å²) < 4.78 is 0. The zero-order valence-corrected chi connectivity index (χ0v) is 11.4. The molecule has 0 radical (unpaired) electrons. The Morgan fingerprint density at radius 1 is 1.00 bits per heavy atom. The van der Waals surface area contributed by atoms with Crippen LogP contribution in [0.25, 0.3) is 0 Å². The van der Waals surface area contributed by atoms with E-state index in [1.807, 2.05) is 0 Å². The lowest BCUT2D eigenvalue weighted by atomic mass is 9.49. The Labute approximate surface area is 114 Å². The van der Waals surface area contributed by atoms with Crippen molar-refractivity contribution in [3.8, 4) is 0 Å². The van der Waals surface area contributed by atoms with Gasteiger partial charge in [0.15, 0.2) is 0 Å². The van der Waals surface area contributed by atoms with Crippen LogP contribution in [0.15, 0.2) is 30.3 Å². The maximum Gasteiger partial charge on any atom is 0.303 e. The summed E-state index contributed by atoms with van der Waals surface area (Å²) in [7, 11) is 0. The van der Waals surface area contributed by atoms with Gasteiger partial charge >= 0.3 is 5.97 Å². The molecule has 1 aromatic carbocycles. The van der Waals surface area contributed by atoms with Crippen molar-refractivity contribution >= 4 is 5.97 Å². The molecular formula is C17H22O2. The second kappa shape index (κ2) is 4.66. The van der Waals surface area contributed by atoms with E-state index < -0.39 is 5.97 Å². The van der Waals surface area contributed by atoms with Crippen molar-refractivity contribution in [3.63, 3.8) is 0 Å². The van der Waals surface area contributed by atoms with Gasteiger partial charge in [-0.05, 0) is 36.7 Å². The van der Waals surface area contributed by atoms with Crippen molar-refractivity contribution in [3.05, 3.63) is 35.9 Å². The highest BCUT2D eigenvalue weighted by molar-refractivity contribution is 5.68. The molecule has 2 saturated carbocycles. The standard InChI is InChI=1S/C17H22O2/c18-15(19)13-16(9-6-10-16)17(11-4-5-12-17)14-7-2-1-3-8-14/h1-3,7-8H,4-6,9-13H2,(H,18,19). The van der Waals surface area contributed by atoms with Gasteiger partial charge in [0.2, 0.25) is 0 Å². The highest BCUT2D eigenvalue weighted by atomic mass is 16.4. The molecule has 0 atom stereocenters. The first kappa shape index (κ1) is 12.7. The molecule has 2 nitrogen and oxygen atoms in total. The van der Waals surface area contributed by atoms with E-state index in [1.165, 1.54) is 37.7 Å². The minimum atomic E-state index is -0.623. The van der Waals surface area contributed by atoms with Crippen molar-refractivity contribution in [2.45, 2.75) is 56.8 Å². The summed E-state index contributed by atoms with van der Waals surface area (Å²) in [5, 5.41) is 9.34. The van der Waals surface area contributed by atoms with E-state index in [1.54, 1.807) is 0 Å². The predicted octanol–water partition coefficient (Wildman–Crippen LogP) is 4.14. The molecule has 19 heavy (non-hydrogen) atoms. The van der Waals surface area contributed by atoms with Gasteiger partial charge in [-0.1, -0.05) is 49.6 Å². The molecule has 2 aliphatic carbocycles. The first-order chi connectivity index (χ1) is 9.19. The summed E-state index contributed by atoms with van der Waals surface area (Å²) in [4.78, 5) is 11.3. The molecule has 0 spiro atoms. The number of carboxylic acids is 1. The third kappa shape index (κ3) is 1.89. The summed E-state index contributed by atoms with van der Waals surface area (Å²) in [6.45, 7) is 0. The average Bonchev–Trinajstić information content (AvgIpc) is 2.85. The Morgan fingerprint density at radius 2 is 1.63 bits per heavy atom. The SMILES string of the molecule is O=C(O)CC1(C2(c3ccccc3)CCCC2)CCC1. The van der Waals surface area contributed by atoms with Gasteiger partial charge < -0.3 is 5.11 Å². The lowest BCUT2D eigenvalue weighted by Crippen LogP contribution is -2.50. The zero-order chi connectivity index (χ0) is 13.3. The molecule has 0 heterocycles.